The first-order chi connectivity index (χ1) is 15.3. The Hall–Kier alpha value is -2.56. The second-order valence-electron chi connectivity index (χ2n) is 7.42. The van der Waals surface area contributed by atoms with Gasteiger partial charge in [-0.2, -0.15) is 13.2 Å². The number of alkyl halides is 3. The number of hydrogen-bond donors (Lipinski definition) is 0. The number of amides is 1. The van der Waals surface area contributed by atoms with Gasteiger partial charge in [-0.25, -0.2) is 9.37 Å². The van der Waals surface area contributed by atoms with Crippen LogP contribution in [-0.2, 0) is 10.9 Å². The molecule has 0 saturated carbocycles. The second-order valence-corrected chi connectivity index (χ2v) is 8.43. The molecule has 32 heavy (non-hydrogen) atoms. The van der Waals surface area contributed by atoms with Gasteiger partial charge in [-0.05, 0) is 42.8 Å². The van der Waals surface area contributed by atoms with Crippen LogP contribution in [0, 0.1) is 5.82 Å². The van der Waals surface area contributed by atoms with Crippen LogP contribution in [0.4, 0.5) is 22.7 Å². The number of para-hydroxylation sites is 1. The summed E-state index contributed by atoms with van der Waals surface area (Å²) in [6.45, 7) is 3.97. The van der Waals surface area contributed by atoms with Gasteiger partial charge in [0.15, 0.2) is 5.13 Å². The molecule has 0 atom stereocenters. The number of hydrogen-bond acceptors (Lipinski definition) is 5. The SMILES string of the molecule is O=C(c1ccc(C(F)(F)F)cc1)N(CCCN1CCOCC1)c1nc2c(F)cccc2s1. The summed E-state index contributed by atoms with van der Waals surface area (Å²) in [6.07, 6.45) is -3.85. The van der Waals surface area contributed by atoms with Crippen LogP contribution in [0.15, 0.2) is 42.5 Å². The minimum Gasteiger partial charge on any atom is -0.379 e. The number of carbonyl (C=O) groups excluding carboxylic acids is 1. The molecule has 0 unspecified atom stereocenters. The molecule has 1 saturated heterocycles. The molecule has 0 aliphatic carbocycles. The van der Waals surface area contributed by atoms with Gasteiger partial charge in [-0.3, -0.25) is 14.6 Å². The number of ether oxygens (including phenoxy) is 1. The molecule has 1 fully saturated rings. The topological polar surface area (TPSA) is 45.7 Å². The van der Waals surface area contributed by atoms with E-state index in [0.717, 1.165) is 43.9 Å². The third-order valence-corrected chi connectivity index (χ3v) is 6.30. The van der Waals surface area contributed by atoms with Crippen molar-refractivity contribution in [2.24, 2.45) is 0 Å². The number of morpholine rings is 1. The third kappa shape index (κ3) is 5.08. The molecule has 1 aromatic heterocycles. The van der Waals surface area contributed by atoms with Crippen molar-refractivity contribution in [2.75, 3.05) is 44.3 Å². The summed E-state index contributed by atoms with van der Waals surface area (Å²) in [7, 11) is 0. The van der Waals surface area contributed by atoms with Gasteiger partial charge in [0.2, 0.25) is 0 Å². The lowest BCUT2D eigenvalue weighted by molar-refractivity contribution is -0.137. The van der Waals surface area contributed by atoms with Crippen molar-refractivity contribution in [3.8, 4) is 0 Å². The summed E-state index contributed by atoms with van der Waals surface area (Å²) >= 11 is 1.18. The predicted molar refractivity (Wildman–Crippen MR) is 115 cm³/mol. The molecule has 0 spiro atoms. The molecule has 1 amide bonds. The average molecular weight is 467 g/mol. The quantitative estimate of drug-likeness (QED) is 0.488. The van der Waals surface area contributed by atoms with Crippen molar-refractivity contribution in [1.29, 1.82) is 0 Å². The van der Waals surface area contributed by atoms with E-state index in [4.69, 9.17) is 4.74 Å². The number of anilines is 1. The molecule has 0 radical (unpaired) electrons. The highest BCUT2D eigenvalue weighted by Gasteiger charge is 2.31. The van der Waals surface area contributed by atoms with Crippen molar-refractivity contribution in [3.63, 3.8) is 0 Å². The molecule has 0 bridgehead atoms. The van der Waals surface area contributed by atoms with Crippen LogP contribution >= 0.6 is 11.3 Å². The highest BCUT2D eigenvalue weighted by Crippen LogP contribution is 2.32. The lowest BCUT2D eigenvalue weighted by Gasteiger charge is -2.27. The number of halogens is 4. The summed E-state index contributed by atoms with van der Waals surface area (Å²) < 4.78 is 58.8. The summed E-state index contributed by atoms with van der Waals surface area (Å²) in [6, 6.07) is 8.68. The number of benzene rings is 2. The van der Waals surface area contributed by atoms with Gasteiger partial charge in [0.05, 0.1) is 23.5 Å². The number of carbonyl (C=O) groups is 1. The predicted octanol–water partition coefficient (Wildman–Crippen LogP) is 4.82. The maximum Gasteiger partial charge on any atom is 0.416 e. The summed E-state index contributed by atoms with van der Waals surface area (Å²) in [5.41, 5.74) is -0.537. The Balaban J connectivity index is 1.58. The Labute approximate surface area is 186 Å². The third-order valence-electron chi connectivity index (χ3n) is 5.25. The first-order valence-corrected chi connectivity index (χ1v) is 11.0. The molecule has 1 aliphatic heterocycles. The average Bonchev–Trinajstić information content (AvgIpc) is 3.22. The van der Waals surface area contributed by atoms with Gasteiger partial charge in [0.25, 0.3) is 5.91 Å². The number of aromatic nitrogens is 1. The van der Waals surface area contributed by atoms with E-state index < -0.39 is 23.5 Å². The number of nitrogens with zero attached hydrogens (tertiary/aromatic N) is 3. The van der Waals surface area contributed by atoms with Gasteiger partial charge in [0.1, 0.15) is 11.3 Å². The molecule has 2 heterocycles. The van der Waals surface area contributed by atoms with E-state index in [1.54, 1.807) is 12.1 Å². The van der Waals surface area contributed by atoms with Crippen LogP contribution in [0.2, 0.25) is 0 Å². The summed E-state index contributed by atoms with van der Waals surface area (Å²) in [4.78, 5) is 21.2. The number of thiazole rings is 1. The monoisotopic (exact) mass is 467 g/mol. The van der Waals surface area contributed by atoms with Crippen molar-refractivity contribution in [3.05, 3.63) is 59.4 Å². The minimum absolute atomic E-state index is 0.115. The van der Waals surface area contributed by atoms with Crippen LogP contribution in [0.1, 0.15) is 22.3 Å². The Bertz CT molecular complexity index is 1080. The van der Waals surface area contributed by atoms with Crippen LogP contribution in [0.3, 0.4) is 0 Å². The standard InChI is InChI=1S/C22H21F4N3O2S/c23-17-3-1-4-18-19(17)27-21(32-18)29(10-2-9-28-11-13-31-14-12-28)20(30)15-5-7-16(8-6-15)22(24,25)26/h1,3-8H,2,9-14H2. The van der Waals surface area contributed by atoms with E-state index in [2.05, 4.69) is 9.88 Å². The molecule has 3 aromatic rings. The zero-order valence-corrected chi connectivity index (χ0v) is 17.9. The fraction of sp³-hybridized carbons (Fsp3) is 0.364. The lowest BCUT2D eigenvalue weighted by Crippen LogP contribution is -2.39. The highest BCUT2D eigenvalue weighted by molar-refractivity contribution is 7.22. The second kappa shape index (κ2) is 9.51. The maximum absolute atomic E-state index is 14.2. The summed E-state index contributed by atoms with van der Waals surface area (Å²) in [5.74, 6) is -0.958. The van der Waals surface area contributed by atoms with E-state index in [9.17, 15) is 22.4 Å². The van der Waals surface area contributed by atoms with E-state index in [1.807, 2.05) is 0 Å². The number of fused-ring (bicyclic) bond motifs is 1. The lowest BCUT2D eigenvalue weighted by atomic mass is 10.1. The Morgan fingerprint density at radius 1 is 1.12 bits per heavy atom. The fourth-order valence-electron chi connectivity index (χ4n) is 3.54. The fourth-order valence-corrected chi connectivity index (χ4v) is 4.54. The minimum atomic E-state index is -4.48. The van der Waals surface area contributed by atoms with Gasteiger partial charge in [-0.15, -0.1) is 0 Å². The van der Waals surface area contributed by atoms with Gasteiger partial charge in [-0.1, -0.05) is 17.4 Å². The van der Waals surface area contributed by atoms with Gasteiger partial charge < -0.3 is 4.74 Å². The first-order valence-electron chi connectivity index (χ1n) is 10.2. The molecule has 0 N–H and O–H groups in total. The molecule has 170 valence electrons. The van der Waals surface area contributed by atoms with Crippen LogP contribution < -0.4 is 4.90 Å². The highest BCUT2D eigenvalue weighted by atomic mass is 32.1. The molecule has 5 nitrogen and oxygen atoms in total. The smallest absolute Gasteiger partial charge is 0.379 e. The normalized spacial score (nSPS) is 15.2. The van der Waals surface area contributed by atoms with Crippen LogP contribution in [0.5, 0.6) is 0 Å². The van der Waals surface area contributed by atoms with Crippen molar-refractivity contribution in [2.45, 2.75) is 12.6 Å². The van der Waals surface area contributed by atoms with Crippen LogP contribution in [0.25, 0.3) is 10.2 Å². The van der Waals surface area contributed by atoms with Crippen molar-refractivity contribution >= 4 is 32.6 Å². The van der Waals surface area contributed by atoms with Gasteiger partial charge >= 0.3 is 6.18 Å². The van der Waals surface area contributed by atoms with E-state index in [0.29, 0.717) is 36.0 Å². The first kappa shape index (κ1) is 22.6. The molecular formula is C22H21F4N3O2S. The van der Waals surface area contributed by atoms with E-state index in [1.165, 1.54) is 22.3 Å². The molecule has 4 rings (SSSR count). The van der Waals surface area contributed by atoms with E-state index >= 15 is 0 Å². The zero-order valence-electron chi connectivity index (χ0n) is 17.1. The Kier molecular flexibility index (Phi) is 6.73. The van der Waals surface area contributed by atoms with E-state index in [-0.39, 0.29) is 11.1 Å². The Morgan fingerprint density at radius 2 is 1.84 bits per heavy atom. The zero-order chi connectivity index (χ0) is 22.7. The maximum atomic E-state index is 14.2. The molecule has 1 aliphatic rings. The van der Waals surface area contributed by atoms with Crippen molar-refractivity contribution < 1.29 is 27.1 Å². The molecule has 2 aromatic carbocycles. The molecular weight excluding hydrogens is 446 g/mol. The van der Waals surface area contributed by atoms with Gasteiger partial charge in [0, 0.05) is 31.7 Å². The largest absolute Gasteiger partial charge is 0.416 e. The Morgan fingerprint density at radius 3 is 2.50 bits per heavy atom. The summed E-state index contributed by atoms with van der Waals surface area (Å²) in [5, 5.41) is 0.317. The van der Waals surface area contributed by atoms with Crippen molar-refractivity contribution in [1.82, 2.24) is 9.88 Å². The van der Waals surface area contributed by atoms with Crippen LogP contribution in [-0.4, -0.2) is 55.2 Å². The molecule has 10 heteroatoms. The number of rotatable bonds is 6.